The van der Waals surface area contributed by atoms with Crippen LogP contribution in [0.25, 0.3) is 0 Å². The van der Waals surface area contributed by atoms with E-state index in [1.54, 1.807) is 0 Å². The molecule has 1 N–H and O–H groups in total. The zero-order chi connectivity index (χ0) is 10.7. The van der Waals surface area contributed by atoms with E-state index in [2.05, 4.69) is 39.7 Å². The van der Waals surface area contributed by atoms with E-state index >= 15 is 0 Å². The minimum absolute atomic E-state index is 0.0949. The first-order valence-electron chi connectivity index (χ1n) is 4.25. The number of hydrogen-bond donors (Lipinski definition) is 1. The number of halogens is 1. The average Bonchev–Trinajstić information content (AvgIpc) is 2.01. The maximum atomic E-state index is 10.6. The average molecular weight is 259 g/mol. The van der Waals surface area contributed by atoms with Gasteiger partial charge in [-0.15, -0.1) is 0 Å². The lowest BCUT2D eigenvalue weighted by molar-refractivity contribution is 0.0694. The third-order valence-corrected chi connectivity index (χ3v) is 2.22. The molecule has 0 aliphatic heterocycles. The van der Waals surface area contributed by atoms with Gasteiger partial charge in [0.1, 0.15) is 16.0 Å². The van der Waals surface area contributed by atoms with Crippen LogP contribution < -0.4 is 0 Å². The number of aromatic nitrogens is 2. The standard InChI is InChI=1S/C9H11BrN2O2/c1-5(2)3-7-11-4-6(9(13)14)8(10)12-7/h4-5H,3H2,1-2H3,(H,13,14). The molecule has 0 fully saturated rings. The fourth-order valence-corrected chi connectivity index (χ4v) is 1.48. The van der Waals surface area contributed by atoms with E-state index in [0.717, 1.165) is 6.42 Å². The summed E-state index contributed by atoms with van der Waals surface area (Å²) in [5, 5.41) is 8.73. The summed E-state index contributed by atoms with van der Waals surface area (Å²) >= 11 is 3.11. The molecule has 4 nitrogen and oxygen atoms in total. The van der Waals surface area contributed by atoms with E-state index in [-0.39, 0.29) is 5.56 Å². The zero-order valence-corrected chi connectivity index (χ0v) is 9.58. The van der Waals surface area contributed by atoms with Gasteiger partial charge in [-0.3, -0.25) is 0 Å². The highest BCUT2D eigenvalue weighted by Crippen LogP contribution is 2.14. The molecule has 0 aliphatic carbocycles. The van der Waals surface area contributed by atoms with Gasteiger partial charge in [-0.25, -0.2) is 14.8 Å². The van der Waals surface area contributed by atoms with Crippen molar-refractivity contribution in [2.24, 2.45) is 5.92 Å². The molecule has 5 heteroatoms. The lowest BCUT2D eigenvalue weighted by Crippen LogP contribution is -2.06. The van der Waals surface area contributed by atoms with Crippen molar-refractivity contribution in [3.8, 4) is 0 Å². The van der Waals surface area contributed by atoms with Gasteiger partial charge in [-0.05, 0) is 21.8 Å². The van der Waals surface area contributed by atoms with Crippen LogP contribution in [0.2, 0.25) is 0 Å². The fraction of sp³-hybridized carbons (Fsp3) is 0.444. The molecule has 1 aromatic rings. The molecule has 14 heavy (non-hydrogen) atoms. The predicted octanol–water partition coefficient (Wildman–Crippen LogP) is 2.14. The summed E-state index contributed by atoms with van der Waals surface area (Å²) in [6.07, 6.45) is 2.08. The van der Waals surface area contributed by atoms with Crippen molar-refractivity contribution in [3.05, 3.63) is 22.2 Å². The third kappa shape index (κ3) is 2.77. The van der Waals surface area contributed by atoms with Crippen LogP contribution in [0.4, 0.5) is 0 Å². The summed E-state index contributed by atoms with van der Waals surface area (Å²) in [5.74, 6) is 0.0995. The molecule has 0 saturated carbocycles. The summed E-state index contributed by atoms with van der Waals surface area (Å²) in [4.78, 5) is 18.7. The van der Waals surface area contributed by atoms with Crippen LogP contribution in [0, 0.1) is 5.92 Å². The molecule has 1 heterocycles. The molecule has 0 spiro atoms. The van der Waals surface area contributed by atoms with Crippen LogP contribution in [0.3, 0.4) is 0 Å². The number of hydrogen-bond acceptors (Lipinski definition) is 3. The van der Waals surface area contributed by atoms with Crippen molar-refractivity contribution in [1.82, 2.24) is 9.97 Å². The summed E-state index contributed by atoms with van der Waals surface area (Å²) in [6.45, 7) is 4.12. The van der Waals surface area contributed by atoms with Gasteiger partial charge in [-0.1, -0.05) is 13.8 Å². The molecule has 1 aromatic heterocycles. The summed E-state index contributed by atoms with van der Waals surface area (Å²) < 4.78 is 0.343. The molecular weight excluding hydrogens is 248 g/mol. The van der Waals surface area contributed by atoms with Crippen molar-refractivity contribution in [2.45, 2.75) is 20.3 Å². The highest BCUT2D eigenvalue weighted by molar-refractivity contribution is 9.10. The first-order chi connectivity index (χ1) is 6.50. The number of carbonyl (C=O) groups is 1. The largest absolute Gasteiger partial charge is 0.478 e. The summed E-state index contributed by atoms with van der Waals surface area (Å²) in [6, 6.07) is 0. The maximum Gasteiger partial charge on any atom is 0.340 e. The van der Waals surface area contributed by atoms with Crippen LogP contribution in [0.5, 0.6) is 0 Å². The number of carboxylic acid groups (broad SMARTS) is 1. The van der Waals surface area contributed by atoms with E-state index in [0.29, 0.717) is 16.3 Å². The van der Waals surface area contributed by atoms with Crippen LogP contribution in [-0.2, 0) is 6.42 Å². The van der Waals surface area contributed by atoms with E-state index in [9.17, 15) is 4.79 Å². The molecule has 0 aliphatic rings. The molecule has 76 valence electrons. The SMILES string of the molecule is CC(C)Cc1ncc(C(=O)O)c(Br)n1. The number of aromatic carboxylic acids is 1. The van der Waals surface area contributed by atoms with Crippen molar-refractivity contribution in [3.63, 3.8) is 0 Å². The van der Waals surface area contributed by atoms with Crippen molar-refractivity contribution >= 4 is 21.9 Å². The Bertz CT molecular complexity index is 353. The Hall–Kier alpha value is -0.970. The summed E-state index contributed by atoms with van der Waals surface area (Å²) in [7, 11) is 0. The second-order valence-corrected chi connectivity index (χ2v) is 4.14. The van der Waals surface area contributed by atoms with Gasteiger partial charge in [-0.2, -0.15) is 0 Å². The monoisotopic (exact) mass is 258 g/mol. The number of carboxylic acids is 1. The molecule has 0 atom stereocenters. The Kier molecular flexibility index (Phi) is 3.57. The lowest BCUT2D eigenvalue weighted by Gasteiger charge is -2.04. The highest BCUT2D eigenvalue weighted by Gasteiger charge is 2.11. The van der Waals surface area contributed by atoms with Gasteiger partial charge in [0.25, 0.3) is 0 Å². The first kappa shape index (κ1) is 11.1. The van der Waals surface area contributed by atoms with E-state index < -0.39 is 5.97 Å². The van der Waals surface area contributed by atoms with Crippen molar-refractivity contribution in [1.29, 1.82) is 0 Å². The van der Waals surface area contributed by atoms with E-state index in [1.165, 1.54) is 6.20 Å². The van der Waals surface area contributed by atoms with Gasteiger partial charge in [0, 0.05) is 12.6 Å². The molecule has 0 saturated heterocycles. The van der Waals surface area contributed by atoms with Crippen LogP contribution in [0.15, 0.2) is 10.8 Å². The Morgan fingerprint density at radius 2 is 2.29 bits per heavy atom. The van der Waals surface area contributed by atoms with Crippen LogP contribution in [0.1, 0.15) is 30.0 Å². The second kappa shape index (κ2) is 4.50. The first-order valence-corrected chi connectivity index (χ1v) is 5.04. The Balaban J connectivity index is 2.94. The highest BCUT2D eigenvalue weighted by atomic mass is 79.9. The molecule has 0 amide bonds. The summed E-state index contributed by atoms with van der Waals surface area (Å²) in [5.41, 5.74) is 0.0949. The second-order valence-electron chi connectivity index (χ2n) is 3.39. The Labute approximate surface area is 90.5 Å². The quantitative estimate of drug-likeness (QED) is 0.844. The van der Waals surface area contributed by atoms with E-state index in [4.69, 9.17) is 5.11 Å². The molecule has 0 bridgehead atoms. The fourth-order valence-electron chi connectivity index (χ4n) is 1.00. The van der Waals surface area contributed by atoms with Crippen molar-refractivity contribution in [2.75, 3.05) is 0 Å². The van der Waals surface area contributed by atoms with Gasteiger partial charge in [0.05, 0.1) is 0 Å². The molecular formula is C9H11BrN2O2. The number of nitrogens with zero attached hydrogens (tertiary/aromatic N) is 2. The minimum atomic E-state index is -1.02. The molecule has 0 unspecified atom stereocenters. The van der Waals surface area contributed by atoms with Crippen LogP contribution >= 0.6 is 15.9 Å². The lowest BCUT2D eigenvalue weighted by atomic mass is 10.1. The smallest absolute Gasteiger partial charge is 0.340 e. The zero-order valence-electron chi connectivity index (χ0n) is 7.99. The third-order valence-electron chi connectivity index (χ3n) is 1.61. The van der Waals surface area contributed by atoms with Gasteiger partial charge < -0.3 is 5.11 Å². The van der Waals surface area contributed by atoms with Gasteiger partial charge >= 0.3 is 5.97 Å². The van der Waals surface area contributed by atoms with E-state index in [1.807, 2.05) is 0 Å². The Morgan fingerprint density at radius 1 is 1.64 bits per heavy atom. The van der Waals surface area contributed by atoms with Gasteiger partial charge in [0.15, 0.2) is 0 Å². The maximum absolute atomic E-state index is 10.6. The van der Waals surface area contributed by atoms with Gasteiger partial charge in [0.2, 0.25) is 0 Å². The normalized spacial score (nSPS) is 10.6. The number of rotatable bonds is 3. The molecule has 0 aromatic carbocycles. The van der Waals surface area contributed by atoms with Crippen molar-refractivity contribution < 1.29 is 9.90 Å². The van der Waals surface area contributed by atoms with Crippen LogP contribution in [-0.4, -0.2) is 21.0 Å². The molecule has 1 rings (SSSR count). The molecule has 0 radical (unpaired) electrons. The predicted molar refractivity (Wildman–Crippen MR) is 55.2 cm³/mol. The Morgan fingerprint density at radius 3 is 2.71 bits per heavy atom. The minimum Gasteiger partial charge on any atom is -0.478 e. The topological polar surface area (TPSA) is 63.1 Å².